The van der Waals surface area contributed by atoms with Gasteiger partial charge >= 0.3 is 5.97 Å². The Kier molecular flexibility index (Phi) is 3.78. The van der Waals surface area contributed by atoms with Crippen molar-refractivity contribution in [3.8, 4) is 5.75 Å². The summed E-state index contributed by atoms with van der Waals surface area (Å²) in [5.74, 6) is 0.175. The van der Waals surface area contributed by atoms with Gasteiger partial charge in [0.2, 0.25) is 0 Å². The molecule has 118 valence electrons. The Morgan fingerprint density at radius 2 is 2.09 bits per heavy atom. The van der Waals surface area contributed by atoms with Gasteiger partial charge in [0.05, 0.1) is 13.4 Å². The maximum Gasteiger partial charge on any atom is 0.302 e. The van der Waals surface area contributed by atoms with E-state index in [4.69, 9.17) is 13.9 Å². The minimum absolute atomic E-state index is 0.0454. The molecule has 23 heavy (non-hydrogen) atoms. The molecule has 1 heterocycles. The highest BCUT2D eigenvalue weighted by Gasteiger charge is 2.21. The standard InChI is InChI=1S/C18H16O5/c1-10-5-4-6-13-15(10)14(7-19)16-12(8-22-11(2)20)9-23-18(16)17(13)21-3/h4-7,9H,8H2,1-3H3. The number of fused-ring (bicyclic) bond motifs is 2. The number of methoxy groups -OCH3 is 1. The quantitative estimate of drug-likeness (QED) is 0.542. The summed E-state index contributed by atoms with van der Waals surface area (Å²) in [5.41, 5.74) is 2.60. The molecule has 0 spiro atoms. The minimum Gasteiger partial charge on any atom is -0.492 e. The fourth-order valence-electron chi connectivity index (χ4n) is 2.92. The van der Waals surface area contributed by atoms with Gasteiger partial charge in [-0.2, -0.15) is 0 Å². The molecular weight excluding hydrogens is 296 g/mol. The lowest BCUT2D eigenvalue weighted by Crippen LogP contribution is -2.00. The van der Waals surface area contributed by atoms with Crippen molar-refractivity contribution in [1.82, 2.24) is 0 Å². The molecule has 3 rings (SSSR count). The Hall–Kier alpha value is -2.82. The van der Waals surface area contributed by atoms with Crippen molar-refractivity contribution in [1.29, 1.82) is 0 Å². The van der Waals surface area contributed by atoms with Crippen LogP contribution in [0.5, 0.6) is 5.75 Å². The van der Waals surface area contributed by atoms with Gasteiger partial charge in [0.25, 0.3) is 0 Å². The maximum absolute atomic E-state index is 11.8. The zero-order chi connectivity index (χ0) is 16.6. The summed E-state index contributed by atoms with van der Waals surface area (Å²) in [6.07, 6.45) is 2.31. The molecule has 5 heteroatoms. The van der Waals surface area contributed by atoms with E-state index < -0.39 is 5.97 Å². The van der Waals surface area contributed by atoms with Gasteiger partial charge < -0.3 is 13.9 Å². The number of ether oxygens (including phenoxy) is 2. The molecule has 2 aromatic carbocycles. The van der Waals surface area contributed by atoms with Crippen LogP contribution in [0.1, 0.15) is 28.4 Å². The van der Waals surface area contributed by atoms with Crippen LogP contribution in [-0.4, -0.2) is 19.4 Å². The molecule has 0 amide bonds. The smallest absolute Gasteiger partial charge is 0.302 e. The summed E-state index contributed by atoms with van der Waals surface area (Å²) in [6, 6.07) is 5.73. The number of furan rings is 1. The van der Waals surface area contributed by atoms with E-state index in [0.717, 1.165) is 22.6 Å². The number of hydrogen-bond acceptors (Lipinski definition) is 5. The predicted octanol–water partition coefficient (Wildman–Crippen LogP) is 3.78. The molecule has 0 aliphatic heterocycles. The minimum atomic E-state index is -0.393. The first-order valence-electron chi connectivity index (χ1n) is 7.16. The van der Waals surface area contributed by atoms with Gasteiger partial charge in [0, 0.05) is 28.8 Å². The highest BCUT2D eigenvalue weighted by molar-refractivity contribution is 6.16. The van der Waals surface area contributed by atoms with Gasteiger partial charge in [0.1, 0.15) is 6.61 Å². The third-order valence-corrected chi connectivity index (χ3v) is 3.88. The monoisotopic (exact) mass is 312 g/mol. The van der Waals surface area contributed by atoms with E-state index in [1.165, 1.54) is 13.2 Å². The molecule has 0 aliphatic carbocycles. The van der Waals surface area contributed by atoms with Crippen molar-refractivity contribution < 1.29 is 23.5 Å². The molecule has 0 radical (unpaired) electrons. The van der Waals surface area contributed by atoms with Gasteiger partial charge in [-0.25, -0.2) is 0 Å². The second-order valence-corrected chi connectivity index (χ2v) is 5.31. The van der Waals surface area contributed by atoms with Crippen LogP contribution in [0.3, 0.4) is 0 Å². The fourth-order valence-corrected chi connectivity index (χ4v) is 2.92. The first-order chi connectivity index (χ1) is 11.1. The van der Waals surface area contributed by atoms with Crippen LogP contribution in [0.25, 0.3) is 21.7 Å². The number of aryl methyl sites for hydroxylation is 1. The van der Waals surface area contributed by atoms with Crippen LogP contribution in [-0.2, 0) is 16.1 Å². The first-order valence-corrected chi connectivity index (χ1v) is 7.16. The van der Waals surface area contributed by atoms with Gasteiger partial charge in [0.15, 0.2) is 17.6 Å². The largest absolute Gasteiger partial charge is 0.492 e. The van der Waals surface area contributed by atoms with Crippen molar-refractivity contribution in [3.05, 3.63) is 41.2 Å². The van der Waals surface area contributed by atoms with Crippen molar-refractivity contribution >= 4 is 34.0 Å². The van der Waals surface area contributed by atoms with Crippen LogP contribution < -0.4 is 4.74 Å². The molecular formula is C18H16O5. The van der Waals surface area contributed by atoms with Gasteiger partial charge in [-0.05, 0) is 17.9 Å². The van der Waals surface area contributed by atoms with E-state index in [-0.39, 0.29) is 6.61 Å². The Morgan fingerprint density at radius 3 is 2.74 bits per heavy atom. The van der Waals surface area contributed by atoms with Crippen LogP contribution >= 0.6 is 0 Å². The molecule has 0 saturated carbocycles. The normalized spacial score (nSPS) is 10.9. The van der Waals surface area contributed by atoms with E-state index in [1.807, 2.05) is 25.1 Å². The van der Waals surface area contributed by atoms with Crippen molar-refractivity contribution in [3.63, 3.8) is 0 Å². The first kappa shape index (κ1) is 15.1. The summed E-state index contributed by atoms with van der Waals surface area (Å²) < 4.78 is 16.2. The third kappa shape index (κ3) is 2.34. The van der Waals surface area contributed by atoms with E-state index in [0.29, 0.717) is 27.8 Å². The fraction of sp³-hybridized carbons (Fsp3) is 0.222. The lowest BCUT2D eigenvalue weighted by Gasteiger charge is -2.12. The number of carbonyl (C=O) groups excluding carboxylic acids is 2. The third-order valence-electron chi connectivity index (χ3n) is 3.88. The summed E-state index contributed by atoms with van der Waals surface area (Å²) >= 11 is 0. The van der Waals surface area contributed by atoms with Crippen molar-refractivity contribution in [2.24, 2.45) is 0 Å². The molecule has 0 unspecified atom stereocenters. The van der Waals surface area contributed by atoms with E-state index in [9.17, 15) is 9.59 Å². The molecule has 0 atom stereocenters. The number of rotatable bonds is 4. The summed E-state index contributed by atoms with van der Waals surface area (Å²) in [4.78, 5) is 22.9. The van der Waals surface area contributed by atoms with Crippen LogP contribution in [0.15, 0.2) is 28.9 Å². The van der Waals surface area contributed by atoms with Crippen molar-refractivity contribution in [2.75, 3.05) is 7.11 Å². The number of aldehydes is 1. The molecule has 0 bridgehead atoms. The molecule has 0 fully saturated rings. The van der Waals surface area contributed by atoms with Gasteiger partial charge in [-0.1, -0.05) is 18.2 Å². The Labute approximate surface area is 132 Å². The lowest BCUT2D eigenvalue weighted by molar-refractivity contribution is -0.142. The molecule has 1 aromatic heterocycles. The Morgan fingerprint density at radius 1 is 1.30 bits per heavy atom. The lowest BCUT2D eigenvalue weighted by atomic mass is 9.95. The predicted molar refractivity (Wildman–Crippen MR) is 85.9 cm³/mol. The number of benzene rings is 2. The summed E-state index contributed by atoms with van der Waals surface area (Å²) in [6.45, 7) is 3.32. The average Bonchev–Trinajstić information content (AvgIpc) is 2.94. The van der Waals surface area contributed by atoms with Gasteiger partial charge in [-0.15, -0.1) is 0 Å². The van der Waals surface area contributed by atoms with E-state index in [2.05, 4.69) is 0 Å². The SMILES string of the molecule is COc1c2cccc(C)c2c(C=O)c2c(COC(C)=O)coc12. The maximum atomic E-state index is 11.8. The number of hydrogen-bond donors (Lipinski definition) is 0. The van der Waals surface area contributed by atoms with Crippen LogP contribution in [0.2, 0.25) is 0 Å². The highest BCUT2D eigenvalue weighted by atomic mass is 16.5. The molecule has 0 N–H and O–H groups in total. The summed E-state index contributed by atoms with van der Waals surface area (Å²) in [7, 11) is 1.56. The summed E-state index contributed by atoms with van der Waals surface area (Å²) in [5, 5.41) is 2.26. The highest BCUT2D eigenvalue weighted by Crippen LogP contribution is 2.41. The second kappa shape index (κ2) is 5.76. The zero-order valence-corrected chi connectivity index (χ0v) is 13.1. The number of carbonyl (C=O) groups is 2. The Bertz CT molecular complexity index is 920. The molecule has 0 saturated heterocycles. The Balaban J connectivity index is 2.42. The van der Waals surface area contributed by atoms with Gasteiger partial charge in [-0.3, -0.25) is 9.59 Å². The average molecular weight is 312 g/mol. The van der Waals surface area contributed by atoms with E-state index >= 15 is 0 Å². The zero-order valence-electron chi connectivity index (χ0n) is 13.1. The molecule has 5 nitrogen and oxygen atoms in total. The van der Waals surface area contributed by atoms with Crippen LogP contribution in [0, 0.1) is 6.92 Å². The second-order valence-electron chi connectivity index (χ2n) is 5.31. The van der Waals surface area contributed by atoms with E-state index in [1.54, 1.807) is 7.11 Å². The number of esters is 1. The van der Waals surface area contributed by atoms with Crippen LogP contribution in [0.4, 0.5) is 0 Å². The van der Waals surface area contributed by atoms with Crippen molar-refractivity contribution in [2.45, 2.75) is 20.5 Å². The topological polar surface area (TPSA) is 65.7 Å². The molecule has 0 aliphatic rings. The molecule has 3 aromatic rings.